The Morgan fingerprint density at radius 3 is 2.74 bits per heavy atom. The molecule has 0 saturated carbocycles. The van der Waals surface area contributed by atoms with Crippen LogP contribution in [0.15, 0.2) is 24.3 Å². The van der Waals surface area contributed by atoms with Crippen molar-refractivity contribution in [1.82, 2.24) is 25.5 Å². The summed E-state index contributed by atoms with van der Waals surface area (Å²) in [6, 6.07) is 6.60. The number of nitrogens with zero attached hydrogens (tertiary/aromatic N) is 4. The van der Waals surface area contributed by atoms with Gasteiger partial charge in [0.2, 0.25) is 11.7 Å². The third kappa shape index (κ3) is 4.05. The highest BCUT2D eigenvalue weighted by molar-refractivity contribution is 7.91. The molecular formula is C13H14ClN5O3S. The van der Waals surface area contributed by atoms with Gasteiger partial charge in [-0.3, -0.25) is 4.79 Å². The number of hydrogen-bond donors (Lipinski definition) is 1. The van der Waals surface area contributed by atoms with E-state index in [1.54, 1.807) is 24.3 Å². The molecule has 23 heavy (non-hydrogen) atoms. The van der Waals surface area contributed by atoms with Gasteiger partial charge < -0.3 is 5.32 Å². The molecule has 0 radical (unpaired) electrons. The lowest BCUT2D eigenvalue weighted by molar-refractivity contribution is -0.122. The van der Waals surface area contributed by atoms with Gasteiger partial charge in [-0.1, -0.05) is 11.6 Å². The van der Waals surface area contributed by atoms with Crippen molar-refractivity contribution in [3.8, 4) is 11.4 Å². The lowest BCUT2D eigenvalue weighted by Crippen LogP contribution is -2.38. The molecule has 0 unspecified atom stereocenters. The van der Waals surface area contributed by atoms with Crippen LogP contribution in [0.1, 0.15) is 6.42 Å². The summed E-state index contributed by atoms with van der Waals surface area (Å²) < 4.78 is 22.7. The van der Waals surface area contributed by atoms with Crippen molar-refractivity contribution in [2.75, 3.05) is 11.5 Å². The third-order valence-corrected chi connectivity index (χ3v) is 5.46. The van der Waals surface area contributed by atoms with E-state index >= 15 is 0 Å². The standard InChI is InChI=1S/C13H14ClN5O3S/c14-10-3-1-9(2-4-10)13-16-18-19(17-13)7-12(20)15-11-5-6-23(21,22)8-11/h1-4,11H,5-8H2,(H,15,20)/t11-/m0/s1. The number of hydrogen-bond acceptors (Lipinski definition) is 6. The van der Waals surface area contributed by atoms with E-state index < -0.39 is 9.84 Å². The highest BCUT2D eigenvalue weighted by Crippen LogP contribution is 2.17. The molecule has 2 heterocycles. The molecule has 2 aromatic rings. The second-order valence-electron chi connectivity index (χ2n) is 5.32. The van der Waals surface area contributed by atoms with E-state index in [4.69, 9.17) is 11.6 Å². The number of carbonyl (C=O) groups excluding carboxylic acids is 1. The average molecular weight is 356 g/mol. The van der Waals surface area contributed by atoms with Crippen molar-refractivity contribution < 1.29 is 13.2 Å². The molecule has 122 valence electrons. The molecule has 3 rings (SSSR count). The second-order valence-corrected chi connectivity index (χ2v) is 7.98. The molecule has 1 aliphatic rings. The maximum atomic E-state index is 11.9. The summed E-state index contributed by atoms with van der Waals surface area (Å²) in [4.78, 5) is 13.1. The Morgan fingerprint density at radius 1 is 1.35 bits per heavy atom. The number of amides is 1. The van der Waals surface area contributed by atoms with E-state index in [-0.39, 0.29) is 30.0 Å². The van der Waals surface area contributed by atoms with Crippen molar-refractivity contribution in [2.24, 2.45) is 0 Å². The highest BCUT2D eigenvalue weighted by atomic mass is 35.5. The molecule has 1 N–H and O–H groups in total. The number of tetrazole rings is 1. The Labute approximate surface area is 137 Å². The van der Waals surface area contributed by atoms with Gasteiger partial charge in [0.05, 0.1) is 11.5 Å². The topological polar surface area (TPSA) is 107 Å². The summed E-state index contributed by atoms with van der Waals surface area (Å²) in [6.07, 6.45) is 0.439. The molecule has 0 spiro atoms. The first-order valence-electron chi connectivity index (χ1n) is 6.95. The number of carbonyl (C=O) groups is 1. The maximum Gasteiger partial charge on any atom is 0.243 e. The first-order valence-corrected chi connectivity index (χ1v) is 9.15. The molecule has 1 aliphatic heterocycles. The summed E-state index contributed by atoms with van der Waals surface area (Å²) in [7, 11) is -3.03. The van der Waals surface area contributed by atoms with E-state index in [1.165, 1.54) is 4.80 Å². The molecular weight excluding hydrogens is 342 g/mol. The normalized spacial score (nSPS) is 19.6. The van der Waals surface area contributed by atoms with Crippen LogP contribution in [0.5, 0.6) is 0 Å². The van der Waals surface area contributed by atoms with Crippen molar-refractivity contribution in [3.63, 3.8) is 0 Å². The van der Waals surface area contributed by atoms with E-state index in [0.29, 0.717) is 17.3 Å². The fourth-order valence-corrected chi connectivity index (χ4v) is 4.13. The van der Waals surface area contributed by atoms with Crippen LogP contribution in [0.25, 0.3) is 11.4 Å². The Hall–Kier alpha value is -2.00. The van der Waals surface area contributed by atoms with Crippen LogP contribution in [0.4, 0.5) is 0 Å². The molecule has 1 saturated heterocycles. The van der Waals surface area contributed by atoms with Crippen LogP contribution < -0.4 is 5.32 Å². The zero-order chi connectivity index (χ0) is 16.4. The van der Waals surface area contributed by atoms with Gasteiger partial charge in [0, 0.05) is 16.6 Å². The number of aromatic nitrogens is 4. The van der Waals surface area contributed by atoms with Crippen LogP contribution in [0, 0.1) is 0 Å². The minimum atomic E-state index is -3.03. The zero-order valence-corrected chi connectivity index (χ0v) is 13.6. The third-order valence-electron chi connectivity index (χ3n) is 3.44. The van der Waals surface area contributed by atoms with Crippen molar-refractivity contribution in [3.05, 3.63) is 29.3 Å². The lowest BCUT2D eigenvalue weighted by Gasteiger charge is -2.09. The Bertz CT molecular complexity index is 818. The molecule has 0 bridgehead atoms. The molecule has 1 fully saturated rings. The molecule has 8 nitrogen and oxygen atoms in total. The fraction of sp³-hybridized carbons (Fsp3) is 0.385. The summed E-state index contributed by atoms with van der Waals surface area (Å²) in [5, 5.41) is 15.1. The van der Waals surface area contributed by atoms with E-state index in [2.05, 4.69) is 20.7 Å². The van der Waals surface area contributed by atoms with Gasteiger partial charge in [0.1, 0.15) is 6.54 Å². The molecule has 1 amide bonds. The number of benzene rings is 1. The predicted molar refractivity (Wildman–Crippen MR) is 83.5 cm³/mol. The summed E-state index contributed by atoms with van der Waals surface area (Å²) in [5.74, 6) is 0.143. The van der Waals surface area contributed by atoms with Gasteiger partial charge in [-0.2, -0.15) is 4.80 Å². The smallest absolute Gasteiger partial charge is 0.243 e. The molecule has 10 heteroatoms. The molecule has 1 atom stereocenters. The van der Waals surface area contributed by atoms with Gasteiger partial charge >= 0.3 is 0 Å². The average Bonchev–Trinajstić information content (AvgIpc) is 3.06. The van der Waals surface area contributed by atoms with Gasteiger partial charge in [-0.15, -0.1) is 10.2 Å². The van der Waals surface area contributed by atoms with E-state index in [9.17, 15) is 13.2 Å². The van der Waals surface area contributed by atoms with Gasteiger partial charge in [0.15, 0.2) is 9.84 Å². The van der Waals surface area contributed by atoms with Crippen molar-refractivity contribution >= 4 is 27.3 Å². The fourth-order valence-electron chi connectivity index (χ4n) is 2.34. The lowest BCUT2D eigenvalue weighted by atomic mass is 10.2. The van der Waals surface area contributed by atoms with Crippen molar-refractivity contribution in [2.45, 2.75) is 19.0 Å². The number of sulfone groups is 1. The first-order chi connectivity index (χ1) is 10.9. The summed E-state index contributed by atoms with van der Waals surface area (Å²) in [6.45, 7) is -0.114. The molecule has 1 aromatic heterocycles. The van der Waals surface area contributed by atoms with Crippen molar-refractivity contribution in [1.29, 1.82) is 0 Å². The monoisotopic (exact) mass is 355 g/mol. The Balaban J connectivity index is 1.60. The van der Waals surface area contributed by atoms with Gasteiger partial charge in [0.25, 0.3) is 0 Å². The number of nitrogens with one attached hydrogen (secondary N) is 1. The Morgan fingerprint density at radius 2 is 2.09 bits per heavy atom. The molecule has 0 aliphatic carbocycles. The maximum absolute atomic E-state index is 11.9. The van der Waals surface area contributed by atoms with Crippen LogP contribution in [-0.2, 0) is 21.2 Å². The summed E-state index contributed by atoms with van der Waals surface area (Å²) >= 11 is 5.82. The van der Waals surface area contributed by atoms with E-state index in [1.807, 2.05) is 0 Å². The Kier molecular flexibility index (Phi) is 4.31. The largest absolute Gasteiger partial charge is 0.351 e. The van der Waals surface area contributed by atoms with Crippen LogP contribution in [-0.4, -0.2) is 52.1 Å². The van der Waals surface area contributed by atoms with Crippen LogP contribution >= 0.6 is 11.6 Å². The zero-order valence-electron chi connectivity index (χ0n) is 12.0. The number of halogens is 1. The SMILES string of the molecule is O=C(Cn1nnc(-c2ccc(Cl)cc2)n1)N[C@H]1CCS(=O)(=O)C1. The van der Waals surface area contributed by atoms with E-state index in [0.717, 1.165) is 5.56 Å². The number of rotatable bonds is 4. The minimum absolute atomic E-state index is 0.0143. The molecule has 1 aromatic carbocycles. The minimum Gasteiger partial charge on any atom is -0.351 e. The summed E-state index contributed by atoms with van der Waals surface area (Å²) in [5.41, 5.74) is 0.739. The van der Waals surface area contributed by atoms with Gasteiger partial charge in [-0.05, 0) is 35.9 Å². The highest BCUT2D eigenvalue weighted by Gasteiger charge is 2.29. The predicted octanol–water partition coefficient (Wildman–Crippen LogP) is 0.297. The first kappa shape index (κ1) is 15.9. The van der Waals surface area contributed by atoms with Crippen LogP contribution in [0.2, 0.25) is 5.02 Å². The quantitative estimate of drug-likeness (QED) is 0.845. The van der Waals surface area contributed by atoms with Gasteiger partial charge in [-0.25, -0.2) is 8.42 Å². The second kappa shape index (κ2) is 6.25. The van der Waals surface area contributed by atoms with Crippen LogP contribution in [0.3, 0.4) is 0 Å².